The van der Waals surface area contributed by atoms with Crippen molar-refractivity contribution in [3.8, 4) is 0 Å². The van der Waals surface area contributed by atoms with E-state index in [9.17, 15) is 0 Å². The van der Waals surface area contributed by atoms with E-state index in [1.807, 2.05) is 12.1 Å². The summed E-state index contributed by atoms with van der Waals surface area (Å²) >= 11 is 0.847. The fourth-order valence-corrected chi connectivity index (χ4v) is 0.860. The van der Waals surface area contributed by atoms with Crippen LogP contribution in [0, 0.1) is 6.07 Å². The second kappa shape index (κ2) is 5.72. The number of halogens is 1. The van der Waals surface area contributed by atoms with Crippen molar-refractivity contribution >= 4 is 9.69 Å². The van der Waals surface area contributed by atoms with Crippen molar-refractivity contribution in [3.63, 3.8) is 0 Å². The van der Waals surface area contributed by atoms with Gasteiger partial charge in [0.2, 0.25) is 0 Å². The van der Waals surface area contributed by atoms with Crippen molar-refractivity contribution in [1.82, 2.24) is 0 Å². The van der Waals surface area contributed by atoms with E-state index in [0.29, 0.717) is 0 Å². The molecular formula is C10H13ClZn. The first kappa shape index (κ1) is 12.1. The van der Waals surface area contributed by atoms with E-state index in [-0.39, 0.29) is 5.41 Å². The Labute approximate surface area is 89.0 Å². The van der Waals surface area contributed by atoms with E-state index in [0.717, 1.165) is 17.3 Å². The summed E-state index contributed by atoms with van der Waals surface area (Å²) in [6.45, 7) is 6.58. The normalized spacial score (nSPS) is 10.2. The number of benzene rings is 1. The molecule has 1 aromatic carbocycles. The molecule has 0 bridgehead atoms. The topological polar surface area (TPSA) is 0 Å². The quantitative estimate of drug-likeness (QED) is 0.476. The SMILES string of the molecule is CC(C)(C)c1[c-]cccc1.[Cl][Zn+]. The second-order valence-electron chi connectivity index (χ2n) is 3.53. The minimum absolute atomic E-state index is 0.237. The Balaban J connectivity index is 0.000000561. The predicted molar refractivity (Wildman–Crippen MR) is 49.8 cm³/mol. The zero-order valence-electron chi connectivity index (χ0n) is 7.89. The minimum atomic E-state index is 0.237. The van der Waals surface area contributed by atoms with Gasteiger partial charge in [-0.25, -0.2) is 0 Å². The van der Waals surface area contributed by atoms with Gasteiger partial charge < -0.3 is 0 Å². The van der Waals surface area contributed by atoms with Crippen LogP contribution in [0.3, 0.4) is 0 Å². The van der Waals surface area contributed by atoms with Gasteiger partial charge in [0.15, 0.2) is 0 Å². The molecular weight excluding hydrogens is 221 g/mol. The number of hydrogen-bond donors (Lipinski definition) is 0. The molecule has 0 nitrogen and oxygen atoms in total. The van der Waals surface area contributed by atoms with E-state index < -0.39 is 0 Å². The Kier molecular flexibility index (Phi) is 5.79. The van der Waals surface area contributed by atoms with Crippen LogP contribution < -0.4 is 0 Å². The summed E-state index contributed by atoms with van der Waals surface area (Å²) in [5, 5.41) is 0. The molecule has 0 aromatic heterocycles. The van der Waals surface area contributed by atoms with Crippen LogP contribution in [0.4, 0.5) is 0 Å². The van der Waals surface area contributed by atoms with Crippen molar-refractivity contribution < 1.29 is 17.3 Å². The van der Waals surface area contributed by atoms with Crippen molar-refractivity contribution in [3.05, 3.63) is 35.9 Å². The Hall–Kier alpha value is 0.133. The summed E-state index contributed by atoms with van der Waals surface area (Å²) in [5.74, 6) is 0. The average molecular weight is 234 g/mol. The molecule has 2 heteroatoms. The molecule has 12 heavy (non-hydrogen) atoms. The van der Waals surface area contributed by atoms with Crippen molar-refractivity contribution in [2.75, 3.05) is 0 Å². The maximum atomic E-state index is 4.76. The van der Waals surface area contributed by atoms with Gasteiger partial charge in [-0.15, -0.1) is 0 Å². The molecule has 0 amide bonds. The summed E-state index contributed by atoms with van der Waals surface area (Å²) in [6, 6.07) is 11.3. The molecule has 62 valence electrons. The van der Waals surface area contributed by atoms with Crippen LogP contribution in [0.5, 0.6) is 0 Å². The molecule has 0 unspecified atom stereocenters. The monoisotopic (exact) mass is 232 g/mol. The molecule has 0 aliphatic carbocycles. The van der Waals surface area contributed by atoms with Crippen LogP contribution >= 0.6 is 9.69 Å². The van der Waals surface area contributed by atoms with Crippen molar-refractivity contribution in [2.24, 2.45) is 0 Å². The van der Waals surface area contributed by atoms with Crippen LogP contribution in [0.15, 0.2) is 24.3 Å². The molecule has 0 fully saturated rings. The van der Waals surface area contributed by atoms with E-state index in [1.165, 1.54) is 5.56 Å². The fraction of sp³-hybridized carbons (Fsp3) is 0.400. The van der Waals surface area contributed by atoms with Gasteiger partial charge in [-0.2, -0.15) is 35.9 Å². The summed E-state index contributed by atoms with van der Waals surface area (Å²) in [4.78, 5) is 0. The maximum absolute atomic E-state index is 4.76. The van der Waals surface area contributed by atoms with Gasteiger partial charge in [-0.3, -0.25) is 0 Å². The van der Waals surface area contributed by atoms with Gasteiger partial charge in [0.1, 0.15) is 0 Å². The molecule has 0 aliphatic heterocycles. The molecule has 1 rings (SSSR count). The predicted octanol–water partition coefficient (Wildman–Crippen LogP) is 3.47. The van der Waals surface area contributed by atoms with E-state index >= 15 is 0 Å². The third kappa shape index (κ3) is 4.23. The second-order valence-corrected chi connectivity index (χ2v) is 3.53. The third-order valence-corrected chi connectivity index (χ3v) is 1.52. The van der Waals surface area contributed by atoms with Gasteiger partial charge in [-0.1, -0.05) is 20.8 Å². The Bertz CT molecular complexity index is 201. The average Bonchev–Trinajstić information content (AvgIpc) is 2.08. The van der Waals surface area contributed by atoms with E-state index in [4.69, 9.17) is 9.69 Å². The summed E-state index contributed by atoms with van der Waals surface area (Å²) in [6.07, 6.45) is 0. The summed E-state index contributed by atoms with van der Waals surface area (Å²) in [7, 11) is 4.76. The van der Waals surface area contributed by atoms with Crippen LogP contribution in [-0.2, 0) is 22.7 Å². The summed E-state index contributed by atoms with van der Waals surface area (Å²) < 4.78 is 0. The van der Waals surface area contributed by atoms with Crippen LogP contribution in [0.25, 0.3) is 0 Å². The molecule has 0 heterocycles. The first-order valence-electron chi connectivity index (χ1n) is 3.84. The van der Waals surface area contributed by atoms with Crippen molar-refractivity contribution in [1.29, 1.82) is 0 Å². The van der Waals surface area contributed by atoms with Crippen LogP contribution in [-0.4, -0.2) is 0 Å². The fourth-order valence-electron chi connectivity index (χ4n) is 0.860. The first-order chi connectivity index (χ1) is 5.61. The molecule has 0 spiro atoms. The van der Waals surface area contributed by atoms with Crippen LogP contribution in [0.2, 0.25) is 0 Å². The van der Waals surface area contributed by atoms with Crippen LogP contribution in [0.1, 0.15) is 26.3 Å². The van der Waals surface area contributed by atoms with Gasteiger partial charge in [0, 0.05) is 0 Å². The van der Waals surface area contributed by atoms with Gasteiger partial charge in [0.05, 0.1) is 0 Å². The Morgan fingerprint density at radius 3 is 2.08 bits per heavy atom. The molecule has 0 saturated carbocycles. The third-order valence-electron chi connectivity index (χ3n) is 1.52. The molecule has 0 radical (unpaired) electrons. The molecule has 0 atom stereocenters. The molecule has 1 aromatic rings. The zero-order chi connectivity index (χ0) is 9.61. The van der Waals surface area contributed by atoms with E-state index in [2.05, 4.69) is 39.0 Å². The van der Waals surface area contributed by atoms with Gasteiger partial charge in [0.25, 0.3) is 0 Å². The van der Waals surface area contributed by atoms with Gasteiger partial charge >= 0.3 is 27.0 Å². The van der Waals surface area contributed by atoms with E-state index in [1.54, 1.807) is 0 Å². The number of rotatable bonds is 0. The Morgan fingerprint density at radius 1 is 1.25 bits per heavy atom. The Morgan fingerprint density at radius 2 is 1.83 bits per heavy atom. The summed E-state index contributed by atoms with van der Waals surface area (Å²) in [5.41, 5.74) is 1.51. The molecule has 0 N–H and O–H groups in total. The number of hydrogen-bond acceptors (Lipinski definition) is 0. The molecule has 0 aliphatic rings. The first-order valence-corrected chi connectivity index (χ1v) is 7.74. The molecule has 0 saturated heterocycles. The van der Waals surface area contributed by atoms with Gasteiger partial charge in [-0.05, 0) is 5.41 Å². The zero-order valence-corrected chi connectivity index (χ0v) is 11.6. The standard InChI is InChI=1S/C10H13.ClH.Zn/c1-10(2,3)9-7-5-4-6-8-9;;/h4-7H,1-3H3;1H;/q-1;;+2/p-1. The van der Waals surface area contributed by atoms with Crippen molar-refractivity contribution in [2.45, 2.75) is 26.2 Å².